The highest BCUT2D eigenvalue weighted by Gasteiger charge is 2.14. The summed E-state index contributed by atoms with van der Waals surface area (Å²) in [6, 6.07) is 7.44. The van der Waals surface area contributed by atoms with Gasteiger partial charge < -0.3 is 14.8 Å². The Bertz CT molecular complexity index is 828. The number of rotatable bonds is 3. The molecule has 1 aromatic carbocycles. The lowest BCUT2D eigenvalue weighted by molar-refractivity contribution is 0.0827. The van der Waals surface area contributed by atoms with Crippen LogP contribution in [0.15, 0.2) is 41.3 Å². The second-order valence-corrected chi connectivity index (χ2v) is 5.62. The van der Waals surface area contributed by atoms with Crippen LogP contribution in [0, 0.1) is 0 Å². The summed E-state index contributed by atoms with van der Waals surface area (Å²) in [7, 11) is 4.80. The van der Waals surface area contributed by atoms with Crippen molar-refractivity contribution in [3.05, 3.63) is 63.0 Å². The van der Waals surface area contributed by atoms with Crippen LogP contribution in [0.1, 0.15) is 20.7 Å². The largest absolute Gasteiger partial charge is 0.345 e. The Morgan fingerprint density at radius 3 is 2.48 bits per heavy atom. The summed E-state index contributed by atoms with van der Waals surface area (Å²) in [6.07, 6.45) is 1.44. The molecule has 1 heterocycles. The van der Waals surface area contributed by atoms with Crippen LogP contribution in [0.25, 0.3) is 0 Å². The maximum absolute atomic E-state index is 12.2. The van der Waals surface area contributed by atoms with Gasteiger partial charge in [-0.15, -0.1) is 0 Å². The first-order valence-corrected chi connectivity index (χ1v) is 7.16. The van der Waals surface area contributed by atoms with Crippen LogP contribution >= 0.6 is 11.6 Å². The van der Waals surface area contributed by atoms with E-state index in [1.54, 1.807) is 33.3 Å². The molecule has 0 atom stereocenters. The van der Waals surface area contributed by atoms with Gasteiger partial charge in [0.2, 0.25) is 5.56 Å². The van der Waals surface area contributed by atoms with Crippen LogP contribution in [0.3, 0.4) is 0 Å². The van der Waals surface area contributed by atoms with Crippen LogP contribution < -0.4 is 10.9 Å². The molecule has 0 saturated heterocycles. The molecular formula is C16H16ClN3O3. The number of anilines is 1. The molecule has 2 aromatic rings. The monoisotopic (exact) mass is 333 g/mol. The molecule has 0 aliphatic rings. The van der Waals surface area contributed by atoms with E-state index in [-0.39, 0.29) is 17.4 Å². The Kier molecular flexibility index (Phi) is 4.86. The molecule has 0 bridgehead atoms. The number of benzene rings is 1. The van der Waals surface area contributed by atoms with E-state index < -0.39 is 0 Å². The molecule has 7 heteroatoms. The van der Waals surface area contributed by atoms with Gasteiger partial charge in [-0.1, -0.05) is 11.6 Å². The van der Waals surface area contributed by atoms with Gasteiger partial charge >= 0.3 is 0 Å². The zero-order chi connectivity index (χ0) is 17.1. The van der Waals surface area contributed by atoms with Gasteiger partial charge in [0.1, 0.15) is 0 Å². The van der Waals surface area contributed by atoms with Gasteiger partial charge in [-0.05, 0) is 24.3 Å². The maximum Gasteiger partial charge on any atom is 0.257 e. The second-order valence-electron chi connectivity index (χ2n) is 5.22. The summed E-state index contributed by atoms with van der Waals surface area (Å²) in [5.74, 6) is -0.639. The first-order valence-electron chi connectivity index (χ1n) is 6.79. The number of carbonyl (C=O) groups is 2. The fraction of sp³-hybridized carbons (Fsp3) is 0.188. The maximum atomic E-state index is 12.2. The van der Waals surface area contributed by atoms with Crippen molar-refractivity contribution in [3.63, 3.8) is 0 Å². The number of pyridine rings is 1. The minimum Gasteiger partial charge on any atom is -0.345 e. The first-order chi connectivity index (χ1) is 10.8. The second kappa shape index (κ2) is 6.66. The first kappa shape index (κ1) is 16.8. The number of nitrogens with one attached hydrogen (secondary N) is 1. The fourth-order valence-corrected chi connectivity index (χ4v) is 2.14. The van der Waals surface area contributed by atoms with E-state index in [0.717, 1.165) is 0 Å². The fourth-order valence-electron chi connectivity index (χ4n) is 1.94. The molecule has 0 unspecified atom stereocenters. The van der Waals surface area contributed by atoms with Crippen molar-refractivity contribution < 1.29 is 9.59 Å². The van der Waals surface area contributed by atoms with Gasteiger partial charge in [0, 0.05) is 39.1 Å². The van der Waals surface area contributed by atoms with E-state index in [9.17, 15) is 14.4 Å². The van der Waals surface area contributed by atoms with Crippen molar-refractivity contribution in [1.29, 1.82) is 0 Å². The number of aromatic nitrogens is 1. The Morgan fingerprint density at radius 1 is 1.17 bits per heavy atom. The molecule has 0 aliphatic carbocycles. The minimum absolute atomic E-state index is 0.202. The van der Waals surface area contributed by atoms with E-state index in [2.05, 4.69) is 5.32 Å². The van der Waals surface area contributed by atoms with Crippen LogP contribution in [0.4, 0.5) is 5.69 Å². The summed E-state index contributed by atoms with van der Waals surface area (Å²) in [6.45, 7) is 0. The molecule has 0 radical (unpaired) electrons. The van der Waals surface area contributed by atoms with Crippen molar-refractivity contribution in [2.24, 2.45) is 7.05 Å². The van der Waals surface area contributed by atoms with Crippen LogP contribution in [0.2, 0.25) is 5.02 Å². The van der Waals surface area contributed by atoms with E-state index in [1.165, 1.54) is 33.9 Å². The number of amides is 2. The molecule has 0 spiro atoms. The molecule has 120 valence electrons. The average molecular weight is 334 g/mol. The smallest absolute Gasteiger partial charge is 0.257 e. The van der Waals surface area contributed by atoms with Crippen LogP contribution in [-0.2, 0) is 7.05 Å². The van der Waals surface area contributed by atoms with Gasteiger partial charge in [0.05, 0.1) is 16.1 Å². The number of carbonyl (C=O) groups excluding carboxylic acids is 2. The highest BCUT2D eigenvalue weighted by atomic mass is 35.5. The molecule has 6 nitrogen and oxygen atoms in total. The third-order valence-electron chi connectivity index (χ3n) is 3.21. The molecule has 0 fully saturated rings. The van der Waals surface area contributed by atoms with Gasteiger partial charge in [-0.2, -0.15) is 0 Å². The molecule has 23 heavy (non-hydrogen) atoms. The lowest BCUT2D eigenvalue weighted by Gasteiger charge is -2.13. The predicted molar refractivity (Wildman–Crippen MR) is 89.1 cm³/mol. The number of hydrogen-bond donors (Lipinski definition) is 1. The Labute approximate surface area is 138 Å². The highest BCUT2D eigenvalue weighted by molar-refractivity contribution is 6.34. The van der Waals surface area contributed by atoms with Crippen molar-refractivity contribution in [2.45, 2.75) is 0 Å². The number of aryl methyl sites for hydroxylation is 1. The molecule has 2 amide bonds. The zero-order valence-corrected chi connectivity index (χ0v) is 13.7. The van der Waals surface area contributed by atoms with E-state index in [1.807, 2.05) is 0 Å². The Hall–Kier alpha value is -2.60. The van der Waals surface area contributed by atoms with Gasteiger partial charge in [-0.3, -0.25) is 14.4 Å². The van der Waals surface area contributed by atoms with Crippen LogP contribution in [0.5, 0.6) is 0 Å². The van der Waals surface area contributed by atoms with Crippen molar-refractivity contribution in [2.75, 3.05) is 19.4 Å². The molecule has 0 aliphatic heterocycles. The lowest BCUT2D eigenvalue weighted by atomic mass is 10.1. The molecule has 1 aromatic heterocycles. The van der Waals surface area contributed by atoms with E-state index >= 15 is 0 Å². The third kappa shape index (κ3) is 3.78. The predicted octanol–water partition coefficient (Wildman–Crippen LogP) is 1.99. The van der Waals surface area contributed by atoms with Gasteiger partial charge in [0.25, 0.3) is 11.8 Å². The number of nitrogens with zero attached hydrogens (tertiary/aromatic N) is 2. The summed E-state index contributed by atoms with van der Waals surface area (Å²) in [5.41, 5.74) is 0.878. The summed E-state index contributed by atoms with van der Waals surface area (Å²) in [5, 5.41) is 2.99. The lowest BCUT2D eigenvalue weighted by Crippen LogP contribution is -2.22. The normalized spacial score (nSPS) is 10.3. The van der Waals surface area contributed by atoms with E-state index in [0.29, 0.717) is 21.8 Å². The topological polar surface area (TPSA) is 71.4 Å². The standard InChI is InChI=1S/C16H16ClN3O3/c1-19(2)16(23)12-8-11(5-6-13(12)17)18-15(22)10-4-7-14(21)20(3)9-10/h4-9H,1-3H3,(H,18,22). The van der Waals surface area contributed by atoms with Crippen LogP contribution in [-0.4, -0.2) is 35.4 Å². The Balaban J connectivity index is 2.27. The average Bonchev–Trinajstić information content (AvgIpc) is 2.51. The number of hydrogen-bond acceptors (Lipinski definition) is 3. The van der Waals surface area contributed by atoms with Crippen molar-refractivity contribution >= 4 is 29.1 Å². The summed E-state index contributed by atoms with van der Waals surface area (Å²) in [4.78, 5) is 37.0. The quantitative estimate of drug-likeness (QED) is 0.933. The Morgan fingerprint density at radius 2 is 1.87 bits per heavy atom. The third-order valence-corrected chi connectivity index (χ3v) is 3.54. The number of halogens is 1. The zero-order valence-electron chi connectivity index (χ0n) is 13.0. The molecule has 2 rings (SSSR count). The summed E-state index contributed by atoms with van der Waals surface area (Å²) >= 11 is 6.03. The molecule has 1 N–H and O–H groups in total. The van der Waals surface area contributed by atoms with Crippen molar-refractivity contribution in [3.8, 4) is 0 Å². The van der Waals surface area contributed by atoms with E-state index in [4.69, 9.17) is 11.6 Å². The highest BCUT2D eigenvalue weighted by Crippen LogP contribution is 2.22. The molecular weight excluding hydrogens is 318 g/mol. The minimum atomic E-state index is -0.383. The van der Waals surface area contributed by atoms with Gasteiger partial charge in [0.15, 0.2) is 0 Å². The summed E-state index contributed by atoms with van der Waals surface area (Å²) < 4.78 is 1.32. The van der Waals surface area contributed by atoms with Crippen molar-refractivity contribution in [1.82, 2.24) is 9.47 Å². The SMILES string of the molecule is CN(C)C(=O)c1cc(NC(=O)c2ccc(=O)n(C)c2)ccc1Cl. The van der Waals surface area contributed by atoms with Gasteiger partial charge in [-0.25, -0.2) is 0 Å². The molecule has 0 saturated carbocycles.